The Morgan fingerprint density at radius 1 is 1.47 bits per heavy atom. The summed E-state index contributed by atoms with van der Waals surface area (Å²) in [6.45, 7) is 0. The lowest BCUT2D eigenvalue weighted by atomic mass is 10.0. The topological polar surface area (TPSA) is 124 Å². The number of hydrogen-bond acceptors (Lipinski definition) is 6. The summed E-state index contributed by atoms with van der Waals surface area (Å²) in [6.07, 6.45) is -2.93. The standard InChI is InChI=1S/C10H8N2O5/c11-4-9(14)10(15)6-1-2-7(5-13)8(3-6)12(16)17/h1-3,5,9-10,14-15H. The van der Waals surface area contributed by atoms with Gasteiger partial charge in [-0.2, -0.15) is 5.26 Å². The Kier molecular flexibility index (Phi) is 3.87. The summed E-state index contributed by atoms with van der Waals surface area (Å²) in [6, 6.07) is 4.74. The van der Waals surface area contributed by atoms with E-state index in [1.807, 2.05) is 0 Å². The molecule has 0 saturated carbocycles. The van der Waals surface area contributed by atoms with Crippen LogP contribution in [-0.4, -0.2) is 27.5 Å². The van der Waals surface area contributed by atoms with E-state index >= 15 is 0 Å². The van der Waals surface area contributed by atoms with Crippen molar-refractivity contribution in [3.05, 3.63) is 39.4 Å². The lowest BCUT2D eigenvalue weighted by molar-refractivity contribution is -0.385. The molecule has 0 fully saturated rings. The molecule has 0 aromatic heterocycles. The quantitative estimate of drug-likeness (QED) is 0.336. The Hall–Kier alpha value is -2.30. The Morgan fingerprint density at radius 3 is 2.59 bits per heavy atom. The summed E-state index contributed by atoms with van der Waals surface area (Å²) in [5.74, 6) is 0. The molecule has 0 bridgehead atoms. The van der Waals surface area contributed by atoms with Crippen molar-refractivity contribution in [3.63, 3.8) is 0 Å². The summed E-state index contributed by atoms with van der Waals surface area (Å²) in [4.78, 5) is 20.4. The van der Waals surface area contributed by atoms with E-state index in [2.05, 4.69) is 0 Å². The summed E-state index contributed by atoms with van der Waals surface area (Å²) in [5.41, 5.74) is -0.629. The molecule has 0 aliphatic carbocycles. The van der Waals surface area contributed by atoms with Gasteiger partial charge in [0.15, 0.2) is 12.4 Å². The Morgan fingerprint density at radius 2 is 2.12 bits per heavy atom. The molecule has 7 heteroatoms. The van der Waals surface area contributed by atoms with Gasteiger partial charge in [0.25, 0.3) is 5.69 Å². The van der Waals surface area contributed by atoms with Crippen molar-refractivity contribution in [1.82, 2.24) is 0 Å². The van der Waals surface area contributed by atoms with E-state index in [-0.39, 0.29) is 11.1 Å². The lowest BCUT2D eigenvalue weighted by Crippen LogP contribution is -2.16. The summed E-state index contributed by atoms with van der Waals surface area (Å²) >= 11 is 0. The van der Waals surface area contributed by atoms with Crippen LogP contribution in [0.4, 0.5) is 5.69 Å². The smallest absolute Gasteiger partial charge is 0.280 e. The number of nitrogens with zero attached hydrogens (tertiary/aromatic N) is 2. The van der Waals surface area contributed by atoms with Gasteiger partial charge >= 0.3 is 0 Å². The first-order chi connectivity index (χ1) is 8.01. The van der Waals surface area contributed by atoms with Crippen LogP contribution in [0.1, 0.15) is 22.0 Å². The number of nitriles is 1. The zero-order chi connectivity index (χ0) is 13.0. The summed E-state index contributed by atoms with van der Waals surface area (Å²) < 4.78 is 0. The monoisotopic (exact) mass is 236 g/mol. The fourth-order valence-electron chi connectivity index (χ4n) is 1.26. The van der Waals surface area contributed by atoms with Crippen molar-refractivity contribution in [3.8, 4) is 6.07 Å². The zero-order valence-corrected chi connectivity index (χ0v) is 8.48. The molecule has 1 aromatic rings. The van der Waals surface area contributed by atoms with E-state index in [1.54, 1.807) is 0 Å². The molecule has 0 aliphatic rings. The van der Waals surface area contributed by atoms with Crippen LogP contribution < -0.4 is 0 Å². The van der Waals surface area contributed by atoms with Crippen molar-refractivity contribution < 1.29 is 19.9 Å². The molecule has 88 valence electrons. The molecule has 0 heterocycles. The van der Waals surface area contributed by atoms with Crippen LogP contribution in [0.3, 0.4) is 0 Å². The van der Waals surface area contributed by atoms with Gasteiger partial charge in [-0.05, 0) is 11.6 Å². The number of aldehydes is 1. The first kappa shape index (κ1) is 12.8. The minimum Gasteiger partial charge on any atom is -0.385 e. The fourth-order valence-corrected chi connectivity index (χ4v) is 1.26. The number of carbonyl (C=O) groups is 1. The fraction of sp³-hybridized carbons (Fsp3) is 0.200. The van der Waals surface area contributed by atoms with Gasteiger partial charge in [0.1, 0.15) is 6.10 Å². The second-order valence-corrected chi connectivity index (χ2v) is 3.21. The molecule has 2 atom stereocenters. The predicted molar refractivity (Wildman–Crippen MR) is 55.1 cm³/mol. The van der Waals surface area contributed by atoms with Crippen LogP contribution in [0, 0.1) is 21.4 Å². The van der Waals surface area contributed by atoms with E-state index in [1.165, 1.54) is 12.1 Å². The van der Waals surface area contributed by atoms with Gasteiger partial charge in [-0.3, -0.25) is 14.9 Å². The van der Waals surface area contributed by atoms with Crippen molar-refractivity contribution in [2.24, 2.45) is 0 Å². The molecule has 17 heavy (non-hydrogen) atoms. The van der Waals surface area contributed by atoms with Gasteiger partial charge in [0, 0.05) is 6.07 Å². The highest BCUT2D eigenvalue weighted by Gasteiger charge is 2.22. The predicted octanol–water partition coefficient (Wildman–Crippen LogP) is 0.325. The van der Waals surface area contributed by atoms with Gasteiger partial charge in [0.2, 0.25) is 0 Å². The highest BCUT2D eigenvalue weighted by Crippen LogP contribution is 2.24. The van der Waals surface area contributed by atoms with E-state index in [0.29, 0.717) is 6.29 Å². The van der Waals surface area contributed by atoms with Crippen LogP contribution in [0.5, 0.6) is 0 Å². The van der Waals surface area contributed by atoms with Crippen molar-refractivity contribution in [2.45, 2.75) is 12.2 Å². The normalized spacial score (nSPS) is 13.5. The lowest BCUT2D eigenvalue weighted by Gasteiger charge is -2.11. The summed E-state index contributed by atoms with van der Waals surface area (Å²) in [5, 5.41) is 37.6. The van der Waals surface area contributed by atoms with Crippen LogP contribution in [0.2, 0.25) is 0 Å². The van der Waals surface area contributed by atoms with Crippen molar-refractivity contribution >= 4 is 12.0 Å². The Balaban J connectivity index is 3.22. The molecule has 2 N–H and O–H groups in total. The minimum atomic E-state index is -1.68. The van der Waals surface area contributed by atoms with Crippen LogP contribution in [0.25, 0.3) is 0 Å². The second kappa shape index (κ2) is 5.16. The first-order valence-corrected chi connectivity index (χ1v) is 4.50. The number of aliphatic hydroxyl groups is 2. The van der Waals surface area contributed by atoms with Crippen LogP contribution in [0.15, 0.2) is 18.2 Å². The SMILES string of the molecule is N#CC(O)C(O)c1ccc(C=O)c([N+](=O)[O-])c1. The number of rotatable bonds is 4. The van der Waals surface area contributed by atoms with Gasteiger partial charge in [-0.25, -0.2) is 0 Å². The molecule has 1 rings (SSSR count). The number of benzene rings is 1. The molecular weight excluding hydrogens is 228 g/mol. The van der Waals surface area contributed by atoms with Gasteiger partial charge in [-0.1, -0.05) is 6.07 Å². The average Bonchev–Trinajstić information content (AvgIpc) is 2.35. The molecule has 0 saturated heterocycles. The molecule has 0 aliphatic heterocycles. The molecule has 2 unspecified atom stereocenters. The van der Waals surface area contributed by atoms with Gasteiger partial charge in [0.05, 0.1) is 16.6 Å². The third-order valence-corrected chi connectivity index (χ3v) is 2.15. The maximum Gasteiger partial charge on any atom is 0.280 e. The van der Waals surface area contributed by atoms with Crippen LogP contribution in [-0.2, 0) is 0 Å². The largest absolute Gasteiger partial charge is 0.385 e. The first-order valence-electron chi connectivity index (χ1n) is 4.50. The van der Waals surface area contributed by atoms with E-state index in [9.17, 15) is 20.0 Å². The van der Waals surface area contributed by atoms with Crippen molar-refractivity contribution in [1.29, 1.82) is 5.26 Å². The van der Waals surface area contributed by atoms with Gasteiger partial charge < -0.3 is 10.2 Å². The molecular formula is C10H8N2O5. The third-order valence-electron chi connectivity index (χ3n) is 2.15. The van der Waals surface area contributed by atoms with Crippen molar-refractivity contribution in [2.75, 3.05) is 0 Å². The average molecular weight is 236 g/mol. The molecule has 1 aromatic carbocycles. The molecule has 0 amide bonds. The second-order valence-electron chi connectivity index (χ2n) is 3.21. The highest BCUT2D eigenvalue weighted by atomic mass is 16.6. The van der Waals surface area contributed by atoms with E-state index < -0.39 is 22.8 Å². The van der Waals surface area contributed by atoms with Crippen LogP contribution >= 0.6 is 0 Å². The summed E-state index contributed by atoms with van der Waals surface area (Å²) in [7, 11) is 0. The number of aliphatic hydroxyl groups excluding tert-OH is 2. The van der Waals surface area contributed by atoms with E-state index in [0.717, 1.165) is 12.1 Å². The Labute approximate surface area is 95.7 Å². The maximum atomic E-state index is 10.6. The third kappa shape index (κ3) is 2.63. The molecule has 0 radical (unpaired) electrons. The number of carbonyl (C=O) groups excluding carboxylic acids is 1. The maximum absolute atomic E-state index is 10.6. The number of nitro benzene ring substituents is 1. The molecule has 0 spiro atoms. The number of nitro groups is 1. The minimum absolute atomic E-state index is 0.00338. The van der Waals surface area contributed by atoms with E-state index in [4.69, 9.17) is 10.4 Å². The number of hydrogen-bond donors (Lipinski definition) is 2. The highest BCUT2D eigenvalue weighted by molar-refractivity contribution is 5.81. The molecule has 7 nitrogen and oxygen atoms in total. The Bertz CT molecular complexity index is 494. The zero-order valence-electron chi connectivity index (χ0n) is 8.48. The van der Waals surface area contributed by atoms with Gasteiger partial charge in [-0.15, -0.1) is 0 Å².